The first-order valence-electron chi connectivity index (χ1n) is 6.55. The molecule has 1 unspecified atom stereocenters. The smallest absolute Gasteiger partial charge is 0.407 e. The summed E-state index contributed by atoms with van der Waals surface area (Å²) in [6.45, 7) is 11.0. The summed E-state index contributed by atoms with van der Waals surface area (Å²) in [7, 11) is 0. The minimum absolute atomic E-state index is 0.0790. The number of nitrogens with one attached hydrogen (secondary N) is 2. The van der Waals surface area contributed by atoms with E-state index in [2.05, 4.69) is 24.5 Å². The van der Waals surface area contributed by atoms with Crippen molar-refractivity contribution < 1.29 is 14.6 Å². The van der Waals surface area contributed by atoms with Crippen LogP contribution in [-0.4, -0.2) is 42.0 Å². The van der Waals surface area contributed by atoms with Gasteiger partial charge in [-0.25, -0.2) is 4.79 Å². The zero-order chi connectivity index (χ0) is 14.2. The van der Waals surface area contributed by atoms with E-state index in [1.807, 2.05) is 20.8 Å². The van der Waals surface area contributed by atoms with Crippen molar-refractivity contribution in [3.05, 3.63) is 0 Å². The third-order valence-electron chi connectivity index (χ3n) is 2.79. The molecule has 0 aliphatic carbocycles. The highest BCUT2D eigenvalue weighted by Gasteiger charge is 2.20. The summed E-state index contributed by atoms with van der Waals surface area (Å²) in [5, 5.41) is 15.0. The molecule has 0 rings (SSSR count). The topological polar surface area (TPSA) is 70.6 Å². The SMILES string of the molecule is CCC(C)(CCO)NCCNC(=O)OC(C)(C)C. The molecule has 0 heterocycles. The van der Waals surface area contributed by atoms with Gasteiger partial charge < -0.3 is 20.5 Å². The molecular weight excluding hydrogens is 232 g/mol. The number of alkyl carbamates (subject to hydrolysis) is 1. The molecule has 5 heteroatoms. The molecule has 0 aliphatic heterocycles. The number of hydrogen-bond donors (Lipinski definition) is 3. The molecule has 108 valence electrons. The summed E-state index contributed by atoms with van der Waals surface area (Å²) in [4.78, 5) is 11.4. The number of ether oxygens (including phenoxy) is 1. The molecule has 18 heavy (non-hydrogen) atoms. The second-order valence-corrected chi connectivity index (χ2v) is 5.74. The second-order valence-electron chi connectivity index (χ2n) is 5.74. The van der Waals surface area contributed by atoms with Crippen molar-refractivity contribution in [2.75, 3.05) is 19.7 Å². The quantitative estimate of drug-likeness (QED) is 0.609. The third kappa shape index (κ3) is 8.31. The summed E-state index contributed by atoms with van der Waals surface area (Å²) in [6.07, 6.45) is 1.24. The highest BCUT2D eigenvalue weighted by molar-refractivity contribution is 5.67. The lowest BCUT2D eigenvalue weighted by Crippen LogP contribution is -2.46. The number of hydrogen-bond acceptors (Lipinski definition) is 4. The van der Waals surface area contributed by atoms with E-state index in [1.54, 1.807) is 0 Å². The standard InChI is InChI=1S/C13H28N2O3/c1-6-13(5,7-10-16)15-9-8-14-11(17)18-12(2,3)4/h15-16H,6-10H2,1-5H3,(H,14,17). The molecule has 0 aromatic carbocycles. The Balaban J connectivity index is 3.82. The van der Waals surface area contributed by atoms with Gasteiger partial charge in [0.2, 0.25) is 0 Å². The fraction of sp³-hybridized carbons (Fsp3) is 0.923. The first-order chi connectivity index (χ1) is 8.22. The van der Waals surface area contributed by atoms with Gasteiger partial charge in [0, 0.05) is 25.2 Å². The molecular formula is C13H28N2O3. The van der Waals surface area contributed by atoms with E-state index in [-0.39, 0.29) is 12.1 Å². The Morgan fingerprint density at radius 2 is 1.83 bits per heavy atom. The predicted molar refractivity (Wildman–Crippen MR) is 72.6 cm³/mol. The highest BCUT2D eigenvalue weighted by atomic mass is 16.6. The summed E-state index contributed by atoms with van der Waals surface area (Å²) < 4.78 is 5.13. The first-order valence-corrected chi connectivity index (χ1v) is 6.55. The maximum absolute atomic E-state index is 11.4. The Kier molecular flexibility index (Phi) is 7.25. The number of aliphatic hydroxyl groups excluding tert-OH is 1. The number of amides is 1. The van der Waals surface area contributed by atoms with E-state index in [1.165, 1.54) is 0 Å². The Hall–Kier alpha value is -0.810. The van der Waals surface area contributed by atoms with E-state index in [0.717, 1.165) is 6.42 Å². The van der Waals surface area contributed by atoms with Crippen LogP contribution in [0, 0.1) is 0 Å². The lowest BCUT2D eigenvalue weighted by atomic mass is 9.95. The van der Waals surface area contributed by atoms with Crippen molar-refractivity contribution >= 4 is 6.09 Å². The molecule has 0 fully saturated rings. The molecule has 0 saturated carbocycles. The molecule has 3 N–H and O–H groups in total. The van der Waals surface area contributed by atoms with Crippen molar-refractivity contribution in [1.29, 1.82) is 0 Å². The highest BCUT2D eigenvalue weighted by Crippen LogP contribution is 2.12. The van der Waals surface area contributed by atoms with E-state index < -0.39 is 11.7 Å². The van der Waals surface area contributed by atoms with Crippen LogP contribution in [-0.2, 0) is 4.74 Å². The van der Waals surface area contributed by atoms with Crippen molar-refractivity contribution in [2.45, 2.75) is 58.6 Å². The van der Waals surface area contributed by atoms with Crippen LogP contribution in [0.2, 0.25) is 0 Å². The molecule has 0 aromatic rings. The molecule has 0 aromatic heterocycles. The van der Waals surface area contributed by atoms with Gasteiger partial charge in [-0.3, -0.25) is 0 Å². The number of rotatable bonds is 7. The van der Waals surface area contributed by atoms with E-state index in [0.29, 0.717) is 19.5 Å². The van der Waals surface area contributed by atoms with Gasteiger partial charge in [-0.05, 0) is 40.5 Å². The zero-order valence-corrected chi connectivity index (χ0v) is 12.3. The predicted octanol–water partition coefficient (Wildman–Crippen LogP) is 1.65. The minimum Gasteiger partial charge on any atom is -0.444 e. The van der Waals surface area contributed by atoms with Gasteiger partial charge in [0.05, 0.1) is 0 Å². The van der Waals surface area contributed by atoms with Gasteiger partial charge in [-0.2, -0.15) is 0 Å². The van der Waals surface area contributed by atoms with Gasteiger partial charge in [-0.15, -0.1) is 0 Å². The molecule has 5 nitrogen and oxygen atoms in total. The summed E-state index contributed by atoms with van der Waals surface area (Å²) in [5.74, 6) is 0. The number of aliphatic hydroxyl groups is 1. The third-order valence-corrected chi connectivity index (χ3v) is 2.79. The van der Waals surface area contributed by atoms with Gasteiger partial charge in [0.1, 0.15) is 5.60 Å². The average Bonchev–Trinajstić information content (AvgIpc) is 2.22. The lowest BCUT2D eigenvalue weighted by molar-refractivity contribution is 0.0526. The monoisotopic (exact) mass is 260 g/mol. The lowest BCUT2D eigenvalue weighted by Gasteiger charge is -2.29. The number of carbonyl (C=O) groups excluding carboxylic acids is 1. The molecule has 0 aliphatic rings. The van der Waals surface area contributed by atoms with Gasteiger partial charge >= 0.3 is 6.09 Å². The second kappa shape index (κ2) is 7.59. The van der Waals surface area contributed by atoms with E-state index >= 15 is 0 Å². The van der Waals surface area contributed by atoms with Crippen LogP contribution in [0.5, 0.6) is 0 Å². The van der Waals surface area contributed by atoms with Crippen LogP contribution in [0.4, 0.5) is 4.79 Å². The van der Waals surface area contributed by atoms with Crippen molar-refractivity contribution in [3.8, 4) is 0 Å². The zero-order valence-electron chi connectivity index (χ0n) is 12.3. The van der Waals surface area contributed by atoms with Gasteiger partial charge in [-0.1, -0.05) is 6.92 Å². The van der Waals surface area contributed by atoms with Crippen LogP contribution in [0.1, 0.15) is 47.5 Å². The largest absolute Gasteiger partial charge is 0.444 e. The Bertz CT molecular complexity index is 251. The van der Waals surface area contributed by atoms with Crippen molar-refractivity contribution in [3.63, 3.8) is 0 Å². The Morgan fingerprint density at radius 3 is 2.28 bits per heavy atom. The fourth-order valence-corrected chi connectivity index (χ4v) is 1.48. The molecule has 1 atom stereocenters. The van der Waals surface area contributed by atoms with Crippen molar-refractivity contribution in [1.82, 2.24) is 10.6 Å². The van der Waals surface area contributed by atoms with Crippen LogP contribution >= 0.6 is 0 Å². The maximum Gasteiger partial charge on any atom is 0.407 e. The average molecular weight is 260 g/mol. The van der Waals surface area contributed by atoms with E-state index in [9.17, 15) is 4.79 Å². The number of carbonyl (C=O) groups is 1. The van der Waals surface area contributed by atoms with Gasteiger partial charge in [0.25, 0.3) is 0 Å². The summed E-state index contributed by atoms with van der Waals surface area (Å²) in [6, 6.07) is 0. The van der Waals surface area contributed by atoms with Gasteiger partial charge in [0.15, 0.2) is 0 Å². The summed E-state index contributed by atoms with van der Waals surface area (Å²) >= 11 is 0. The summed E-state index contributed by atoms with van der Waals surface area (Å²) in [5.41, 5.74) is -0.545. The fourth-order valence-electron chi connectivity index (χ4n) is 1.48. The van der Waals surface area contributed by atoms with Crippen molar-refractivity contribution in [2.24, 2.45) is 0 Å². The molecule has 0 saturated heterocycles. The Morgan fingerprint density at radius 1 is 1.22 bits per heavy atom. The molecule has 0 spiro atoms. The van der Waals surface area contributed by atoms with Crippen LogP contribution in [0.3, 0.4) is 0 Å². The maximum atomic E-state index is 11.4. The Labute approximate surface area is 110 Å². The molecule has 1 amide bonds. The first kappa shape index (κ1) is 17.2. The minimum atomic E-state index is -0.466. The van der Waals surface area contributed by atoms with Crippen LogP contribution in [0.15, 0.2) is 0 Å². The molecule has 0 bridgehead atoms. The normalized spacial score (nSPS) is 15.0. The van der Waals surface area contributed by atoms with Crippen LogP contribution in [0.25, 0.3) is 0 Å². The van der Waals surface area contributed by atoms with E-state index in [4.69, 9.17) is 9.84 Å². The molecule has 0 radical (unpaired) electrons. The van der Waals surface area contributed by atoms with Crippen LogP contribution < -0.4 is 10.6 Å².